The zero-order chi connectivity index (χ0) is 65.3. The standard InChI is InChI=1S/C43H56N16O27P4/c1-43(2,3)31(17-7-5-6-8-18(17)59(66)67)77-16-76-30-26(61)20(82-40(30)58-15-55(4)24-35(58)52-42(46)54-37(24)65)10-79-88(70,71)85-90(74,75)86-89(72,73)80-11-21-29(28(63)39(83-21)56-13-49-22-32(44)47-12-48-33(22)56)84-87(68,69)78-9-19-25(60)27(62)38(81-19)57-14-50-23-34(57)51-41(45)53-36(23)64/h5-8,12-15,19-21,25-31,38-40,60-63H,9-11,16H2,1-4H3,(H11-,44,45,46,47,48,51,52,53,54,64,65,68,69,70,71,72,73,74,75)/p+1/t19-,20-,21-,25?,26+,27+,28+,29?,30?,31?,38-,39-,40-/m1/s1. The van der Waals surface area contributed by atoms with Crippen LogP contribution in [-0.4, -0.2) is 180 Å². The van der Waals surface area contributed by atoms with Crippen molar-refractivity contribution in [3.8, 4) is 0 Å². The van der Waals surface area contributed by atoms with Crippen LogP contribution >= 0.6 is 31.3 Å². The predicted octanol–water partition coefficient (Wildman–Crippen LogP) is -1.67. The van der Waals surface area contributed by atoms with E-state index in [4.69, 9.17) is 59.0 Å². The molecule has 0 amide bonds. The first-order valence-corrected chi connectivity index (χ1v) is 32.0. The van der Waals surface area contributed by atoms with Crippen LogP contribution in [0.15, 0.2) is 59.2 Å². The molecular formula is C43H57N16O27P4+. The average Bonchev–Trinajstić information content (AvgIpc) is 1.62. The fourth-order valence-electron chi connectivity index (χ4n) is 10.1. The van der Waals surface area contributed by atoms with Gasteiger partial charge in [0, 0.05) is 6.07 Å². The number of aryl methyl sites for hydroxylation is 1. The lowest BCUT2D eigenvalue weighted by molar-refractivity contribution is -0.746. The molecule has 90 heavy (non-hydrogen) atoms. The summed E-state index contributed by atoms with van der Waals surface area (Å²) in [5.74, 6) is -0.837. The van der Waals surface area contributed by atoms with Crippen molar-refractivity contribution >= 4 is 88.2 Å². The molecular weight excluding hydrogens is 1300 g/mol. The minimum atomic E-state index is -6.33. The van der Waals surface area contributed by atoms with E-state index in [0.29, 0.717) is 0 Å². The SMILES string of the molecule is Cn1c[n+]([C@@H]2O[C@H](COP(=O)(O)OP(=O)(O)OP(=O)(O)OC[C@H]3O[C@@H](n4cnc5c(N)ncnc54)[C@@H](O)C3OP(=O)(O)OC[C@H]3O[C@@H](n4cnc5c(=O)[nH]c(N)nc54)[C@@H](O)C3O)[C@H](O)C2OCOC(c2ccccc2[N+](=O)[O-])C(C)(C)C)c2nc(N)[nH]c(=O)c21. The number of phosphoric ester groups is 3. The lowest BCUT2D eigenvalue weighted by Gasteiger charge is -2.31. The van der Waals surface area contributed by atoms with Crippen LogP contribution in [0.3, 0.4) is 0 Å². The molecule has 0 bridgehead atoms. The number of fused-ring (bicyclic) bond motifs is 3. The van der Waals surface area contributed by atoms with E-state index in [-0.39, 0.29) is 62.5 Å². The predicted molar refractivity (Wildman–Crippen MR) is 294 cm³/mol. The number of aliphatic hydroxyl groups excluding tert-OH is 4. The number of hydrogen-bond donors (Lipinski definition) is 13. The molecule has 8 unspecified atom stereocenters. The van der Waals surface area contributed by atoms with E-state index in [1.54, 1.807) is 26.8 Å². The van der Waals surface area contributed by atoms with Crippen molar-refractivity contribution in [2.75, 3.05) is 43.8 Å². The molecule has 0 aliphatic carbocycles. The second-order valence-corrected chi connectivity index (χ2v) is 27.3. The van der Waals surface area contributed by atoms with Crippen molar-refractivity contribution in [1.82, 2.24) is 53.6 Å². The summed E-state index contributed by atoms with van der Waals surface area (Å²) in [6, 6.07) is 5.76. The maximum atomic E-state index is 13.6. The van der Waals surface area contributed by atoms with E-state index < -0.39 is 159 Å². The van der Waals surface area contributed by atoms with E-state index >= 15 is 0 Å². The molecule has 3 fully saturated rings. The Morgan fingerprint density at radius 1 is 0.722 bits per heavy atom. The number of nitrogens with two attached hydrogens (primary N) is 3. The number of aromatic nitrogens is 12. The Labute approximate surface area is 501 Å². The Morgan fingerprint density at radius 3 is 1.97 bits per heavy atom. The third-order valence-corrected chi connectivity index (χ3v) is 19.2. The number of imidazole rings is 3. The summed E-state index contributed by atoms with van der Waals surface area (Å²) in [6.07, 6.45) is -18.4. The number of hydrogen-bond acceptors (Lipinski definition) is 32. The van der Waals surface area contributed by atoms with Crippen molar-refractivity contribution in [1.29, 1.82) is 0 Å². The second kappa shape index (κ2) is 25.1. The van der Waals surface area contributed by atoms with Gasteiger partial charge < -0.3 is 80.9 Å². The number of ether oxygens (including phenoxy) is 5. The van der Waals surface area contributed by atoms with E-state index in [2.05, 4.69) is 48.5 Å². The van der Waals surface area contributed by atoms with Crippen molar-refractivity contribution < 1.29 is 118 Å². The molecule has 3 aliphatic heterocycles. The van der Waals surface area contributed by atoms with Gasteiger partial charge in [-0.15, -0.1) is 0 Å². The number of rotatable bonds is 24. The van der Waals surface area contributed by atoms with Gasteiger partial charge in [-0.3, -0.25) is 61.5 Å². The monoisotopic (exact) mass is 1350 g/mol. The molecule has 0 saturated carbocycles. The summed E-state index contributed by atoms with van der Waals surface area (Å²) >= 11 is 0. The average molecular weight is 1350 g/mol. The topological polar surface area (TPSA) is 615 Å². The third-order valence-electron chi connectivity index (χ3n) is 14.0. The maximum absolute atomic E-state index is 13.6. The quantitative estimate of drug-likeness (QED) is 0.0106. The van der Waals surface area contributed by atoms with Gasteiger partial charge in [0.05, 0.1) is 56.1 Å². The molecule has 0 radical (unpaired) electrons. The smallest absolute Gasteiger partial charge is 0.387 e. The first-order chi connectivity index (χ1) is 42.1. The highest BCUT2D eigenvalue weighted by molar-refractivity contribution is 7.66. The Bertz CT molecular complexity index is 4180. The Morgan fingerprint density at radius 2 is 1.30 bits per heavy atom. The third kappa shape index (κ3) is 13.8. The van der Waals surface area contributed by atoms with E-state index in [1.165, 1.54) is 40.7 Å². The van der Waals surface area contributed by atoms with Gasteiger partial charge in [0.15, 0.2) is 41.4 Å². The lowest BCUT2D eigenvalue weighted by atomic mass is 9.84. The molecule has 43 nitrogen and oxygen atoms in total. The Kier molecular flexibility index (Phi) is 18.5. The second-order valence-electron chi connectivity index (χ2n) is 21.2. The van der Waals surface area contributed by atoms with Crippen molar-refractivity contribution in [2.24, 2.45) is 12.5 Å². The van der Waals surface area contributed by atoms with Gasteiger partial charge in [0.25, 0.3) is 22.8 Å². The van der Waals surface area contributed by atoms with Crippen molar-refractivity contribution in [3.63, 3.8) is 0 Å². The first-order valence-electron chi connectivity index (χ1n) is 26.1. The summed E-state index contributed by atoms with van der Waals surface area (Å²) in [4.78, 5) is 108. The highest BCUT2D eigenvalue weighted by atomic mass is 31.3. The maximum Gasteiger partial charge on any atom is 0.490 e. The number of H-pyrrole nitrogens is 2. The number of nitro benzene ring substituents is 1. The number of nitrogen functional groups attached to an aromatic ring is 3. The van der Waals surface area contributed by atoms with Crippen molar-refractivity contribution in [2.45, 2.75) is 100 Å². The number of aliphatic hydroxyl groups is 4. The molecule has 47 heteroatoms. The molecule has 7 aromatic rings. The highest BCUT2D eigenvalue weighted by Crippen LogP contribution is 2.68. The van der Waals surface area contributed by atoms with E-state index in [0.717, 1.165) is 28.1 Å². The largest absolute Gasteiger partial charge is 0.490 e. The Hall–Kier alpha value is -6.57. The molecule has 16 N–H and O–H groups in total. The van der Waals surface area contributed by atoms with Crippen LogP contribution in [-0.2, 0) is 75.7 Å². The molecule has 3 aliphatic rings. The number of nitro groups is 1. The van der Waals surface area contributed by atoms with Crippen LogP contribution in [0.5, 0.6) is 0 Å². The minimum absolute atomic E-state index is 0.0339. The lowest BCUT2D eigenvalue weighted by Crippen LogP contribution is -2.47. The molecule has 6 aromatic heterocycles. The summed E-state index contributed by atoms with van der Waals surface area (Å²) < 4.78 is 116. The summed E-state index contributed by atoms with van der Waals surface area (Å²) in [5.41, 5.74) is 14.3. The summed E-state index contributed by atoms with van der Waals surface area (Å²) in [7, 11) is -22.5. The van der Waals surface area contributed by atoms with Gasteiger partial charge in [0.1, 0.15) is 73.6 Å². The number of aromatic amines is 2. The van der Waals surface area contributed by atoms with Gasteiger partial charge in [-0.25, -0.2) is 42.8 Å². The number of nitrogens with one attached hydrogen (secondary N) is 2. The number of para-hydroxylation sites is 1. The van der Waals surface area contributed by atoms with Crippen LogP contribution in [0, 0.1) is 15.5 Å². The van der Waals surface area contributed by atoms with Crippen molar-refractivity contribution in [3.05, 3.63) is 86.0 Å². The number of benzene rings is 1. The fraction of sp³-hybridized carbons (Fsp3) is 0.512. The summed E-state index contributed by atoms with van der Waals surface area (Å²) in [5, 5.41) is 57.1. The van der Waals surface area contributed by atoms with Gasteiger partial charge in [-0.1, -0.05) is 37.9 Å². The Balaban J connectivity index is 0.809. The molecule has 17 atom stereocenters. The molecule has 10 rings (SSSR count). The van der Waals surface area contributed by atoms with Gasteiger partial charge in [0.2, 0.25) is 17.7 Å². The van der Waals surface area contributed by atoms with Gasteiger partial charge >= 0.3 is 36.9 Å². The molecule has 9 heterocycles. The molecule has 3 saturated heterocycles. The molecule has 490 valence electrons. The molecule has 0 spiro atoms. The number of phosphoric acid groups is 4. The minimum Gasteiger partial charge on any atom is -0.387 e. The van der Waals surface area contributed by atoms with E-state index in [1.807, 2.05) is 0 Å². The molecule has 1 aromatic carbocycles. The zero-order valence-corrected chi connectivity index (χ0v) is 50.3. The van der Waals surface area contributed by atoms with Crippen LogP contribution in [0.4, 0.5) is 23.4 Å². The van der Waals surface area contributed by atoms with Crippen LogP contribution in [0.25, 0.3) is 33.5 Å². The van der Waals surface area contributed by atoms with Gasteiger partial charge in [-0.2, -0.15) is 13.6 Å². The highest BCUT2D eigenvalue weighted by Gasteiger charge is 2.54. The van der Waals surface area contributed by atoms with Crippen LogP contribution in [0.1, 0.15) is 51.1 Å². The van der Waals surface area contributed by atoms with Crippen LogP contribution in [0.2, 0.25) is 0 Å². The van der Waals surface area contributed by atoms with Crippen LogP contribution < -0.4 is 32.9 Å². The fourth-order valence-corrected chi connectivity index (χ4v) is 14.6. The zero-order valence-electron chi connectivity index (χ0n) is 46.7. The number of nitrogens with zero attached hydrogens (tertiary/aromatic N) is 11. The van der Waals surface area contributed by atoms with Gasteiger partial charge in [-0.05, 0) is 11.5 Å². The normalized spacial score (nSPS) is 27.9. The van der Waals surface area contributed by atoms with E-state index in [9.17, 15) is 78.0 Å². The first kappa shape index (κ1) is 66.4. The number of anilines is 3. The summed E-state index contributed by atoms with van der Waals surface area (Å²) in [6.45, 7) is 0.825.